The maximum Gasteiger partial charge on any atom is 0.318 e. The van der Waals surface area contributed by atoms with E-state index >= 15 is 0 Å². The van der Waals surface area contributed by atoms with Gasteiger partial charge in [-0.25, -0.2) is 0 Å². The molecule has 9 heterocycles. The Hall–Kier alpha value is -9.70. The number of aryl methyl sites for hydroxylation is 2. The van der Waals surface area contributed by atoms with Crippen molar-refractivity contribution in [3.63, 3.8) is 0 Å². The number of hydrogen-bond donors (Lipinski definition) is 1. The van der Waals surface area contributed by atoms with E-state index in [-0.39, 0.29) is 54.4 Å². The first-order chi connectivity index (χ1) is 45.7. The number of anilines is 4. The van der Waals surface area contributed by atoms with Crippen molar-refractivity contribution < 1.29 is 23.9 Å². The van der Waals surface area contributed by atoms with Crippen molar-refractivity contribution in [3.8, 4) is 24.2 Å². The summed E-state index contributed by atoms with van der Waals surface area (Å²) in [7, 11) is 4.31. The third-order valence-electron chi connectivity index (χ3n) is 20.1. The van der Waals surface area contributed by atoms with Crippen molar-refractivity contribution in [1.82, 2.24) is 49.8 Å². The highest BCUT2D eigenvalue weighted by Crippen LogP contribution is 2.42. The Kier molecular flexibility index (Phi) is 18.4. The molecular weight excluding hydrogens is 1180 g/mol. The molecule has 1 N–H and O–H groups in total. The summed E-state index contributed by atoms with van der Waals surface area (Å²) in [6, 6.07) is 32.7. The standard InChI is InChI=1S/C73H82N16O5/c1-47-11-7-13-52-14-9-17-64(67(47)52)84-31-24-60-62(43-84)78-73(81-70(60)87-34-36-89(57(42-87)21-27-75)71(92)49(3)77-50(4)90)94-46-59-38-55(40-83(59)6)54-37-53-15-8-12-48(2)68(53)65(39-54)85-32-25-61-63(44-85)79-72(93-45-58-16-10-30-82(58)5)80-69(61)86-33-35-88(56(41-86)20-26-74)66(91)19-18-51-22-28-76-29-23-51/h7-9,11-15,17-19,22-23,28-29,37,39,55-59H,3,10,16,20-21,24-25,30-36,38,40-46H2,1-2,4-6H3,(H,77,90)/b19-18+/t55?,56-,57-,58-,59-/m0/s1. The molecule has 0 radical (unpaired) electrons. The zero-order valence-corrected chi connectivity index (χ0v) is 54.5. The summed E-state index contributed by atoms with van der Waals surface area (Å²) >= 11 is 0. The Morgan fingerprint density at radius 1 is 0.649 bits per heavy atom. The highest BCUT2D eigenvalue weighted by atomic mass is 16.5. The summed E-state index contributed by atoms with van der Waals surface area (Å²) in [5.74, 6) is 0.850. The zero-order chi connectivity index (χ0) is 65.1. The van der Waals surface area contributed by atoms with E-state index < -0.39 is 11.9 Å². The smallest absolute Gasteiger partial charge is 0.318 e. The molecule has 4 saturated heterocycles. The average molecular weight is 1260 g/mol. The third kappa shape index (κ3) is 13.2. The predicted molar refractivity (Wildman–Crippen MR) is 363 cm³/mol. The van der Waals surface area contributed by atoms with Gasteiger partial charge < -0.3 is 49.1 Å². The van der Waals surface area contributed by atoms with Gasteiger partial charge in [0.1, 0.15) is 24.8 Å². The molecule has 1 unspecified atom stereocenters. The molecule has 6 aliphatic heterocycles. The van der Waals surface area contributed by atoms with Crippen LogP contribution in [0.1, 0.15) is 89.7 Å². The average Bonchev–Trinajstić information content (AvgIpc) is 0.889. The van der Waals surface area contributed by atoms with E-state index in [9.17, 15) is 24.9 Å². The number of nitriles is 2. The number of nitrogens with zero attached hydrogens (tertiary/aromatic N) is 15. The Bertz CT molecular complexity index is 4160. The number of pyridine rings is 1. The molecule has 3 aromatic heterocycles. The first kappa shape index (κ1) is 63.1. The van der Waals surface area contributed by atoms with Gasteiger partial charge in [0, 0.05) is 130 Å². The van der Waals surface area contributed by atoms with E-state index in [1.54, 1.807) is 29.4 Å². The number of hydrogen-bond acceptors (Lipinski definition) is 18. The molecule has 21 nitrogen and oxygen atoms in total. The van der Waals surface area contributed by atoms with E-state index in [0.717, 1.165) is 96.5 Å². The number of benzene rings is 4. The molecule has 484 valence electrons. The molecule has 21 heteroatoms. The van der Waals surface area contributed by atoms with Crippen LogP contribution in [-0.2, 0) is 40.3 Å². The van der Waals surface area contributed by atoms with Crippen molar-refractivity contribution in [2.24, 2.45) is 0 Å². The molecule has 7 aromatic rings. The van der Waals surface area contributed by atoms with Crippen LogP contribution in [0.5, 0.6) is 12.0 Å². The molecule has 94 heavy (non-hydrogen) atoms. The van der Waals surface area contributed by atoms with Crippen LogP contribution in [0.2, 0.25) is 0 Å². The van der Waals surface area contributed by atoms with Crippen LogP contribution in [0, 0.1) is 36.5 Å². The molecule has 0 bridgehead atoms. The quantitative estimate of drug-likeness (QED) is 0.0848. The number of ether oxygens (including phenoxy) is 2. The maximum absolute atomic E-state index is 13.8. The Morgan fingerprint density at radius 2 is 1.23 bits per heavy atom. The first-order valence-electron chi connectivity index (χ1n) is 33.1. The fraction of sp³-hybridized carbons (Fsp3) is 0.425. The van der Waals surface area contributed by atoms with Crippen LogP contribution in [0.15, 0.2) is 110 Å². The Balaban J connectivity index is 0.765. The van der Waals surface area contributed by atoms with Crippen LogP contribution >= 0.6 is 0 Å². The van der Waals surface area contributed by atoms with Gasteiger partial charge >= 0.3 is 12.0 Å². The van der Waals surface area contributed by atoms with Crippen LogP contribution in [0.25, 0.3) is 27.6 Å². The van der Waals surface area contributed by atoms with Crippen LogP contribution < -0.4 is 34.4 Å². The zero-order valence-electron chi connectivity index (χ0n) is 54.5. The highest BCUT2D eigenvalue weighted by molar-refractivity contribution is 5.99. The summed E-state index contributed by atoms with van der Waals surface area (Å²) in [5.41, 5.74) is 10.7. The molecule has 4 aromatic carbocycles. The summed E-state index contributed by atoms with van der Waals surface area (Å²) in [5, 5.41) is 27.5. The third-order valence-corrected chi connectivity index (χ3v) is 20.1. The van der Waals surface area contributed by atoms with Crippen LogP contribution in [-0.4, -0.2) is 179 Å². The summed E-state index contributed by atoms with van der Waals surface area (Å²) in [6.45, 7) is 17.3. The highest BCUT2D eigenvalue weighted by Gasteiger charge is 2.39. The number of carbonyl (C=O) groups is 3. The van der Waals surface area contributed by atoms with E-state index in [2.05, 4.69) is 153 Å². The normalized spacial score (nSPS) is 20.9. The summed E-state index contributed by atoms with van der Waals surface area (Å²) in [4.78, 5) is 81.9. The molecule has 4 fully saturated rings. The lowest BCUT2D eigenvalue weighted by atomic mass is 9.91. The minimum atomic E-state index is -0.475. The number of carbonyl (C=O) groups excluding carboxylic acids is 3. The largest absolute Gasteiger partial charge is 0.462 e. The number of nitrogens with one attached hydrogen (secondary N) is 1. The molecule has 0 aliphatic carbocycles. The van der Waals surface area contributed by atoms with Gasteiger partial charge in [-0.1, -0.05) is 61.2 Å². The number of amides is 3. The van der Waals surface area contributed by atoms with E-state index in [1.807, 2.05) is 17.0 Å². The molecule has 0 spiro atoms. The van der Waals surface area contributed by atoms with Gasteiger partial charge in [-0.2, -0.15) is 30.5 Å². The van der Waals surface area contributed by atoms with Crippen molar-refractivity contribution in [3.05, 3.63) is 154 Å². The fourth-order valence-electron chi connectivity index (χ4n) is 15.1. The second kappa shape index (κ2) is 27.5. The molecule has 3 amide bonds. The SMILES string of the molecule is C=C(NC(C)=O)C(=O)N1CCN(c2nc(OC[C@@H]3CC(c4cc(N5CCc6c(nc(OC[C@@H]7CCCN7C)nc6N6CCN(C(=O)/C=C/c7ccncc7)[C@@H](CC#N)C6)C5)c5c(C)cccc5c4)CN3C)nc3c2CCN(c2cccc4cccc(C)c24)C3)C[C@@H]1CC#N. The van der Waals surface area contributed by atoms with Gasteiger partial charge in [0.05, 0.1) is 67.2 Å². The molecular formula is C73H82N16O5. The van der Waals surface area contributed by atoms with E-state index in [0.29, 0.717) is 90.4 Å². The van der Waals surface area contributed by atoms with Gasteiger partial charge in [0.2, 0.25) is 11.8 Å². The van der Waals surface area contributed by atoms with Gasteiger partial charge in [-0.15, -0.1) is 0 Å². The Morgan fingerprint density at radius 3 is 1.85 bits per heavy atom. The summed E-state index contributed by atoms with van der Waals surface area (Å²) in [6.07, 6.45) is 11.5. The van der Waals surface area contributed by atoms with Crippen LogP contribution in [0.3, 0.4) is 0 Å². The molecule has 0 saturated carbocycles. The van der Waals surface area contributed by atoms with E-state index in [1.165, 1.54) is 45.2 Å². The molecule has 6 aliphatic rings. The monoisotopic (exact) mass is 1260 g/mol. The predicted octanol–water partition coefficient (Wildman–Crippen LogP) is 8.27. The number of aromatic nitrogens is 5. The minimum absolute atomic E-state index is 0.0163. The van der Waals surface area contributed by atoms with Gasteiger partial charge in [-0.05, 0) is 136 Å². The number of likely N-dealkylation sites (tertiary alicyclic amines) is 2. The lowest BCUT2D eigenvalue weighted by Gasteiger charge is -2.42. The molecule has 13 rings (SSSR count). The van der Waals surface area contributed by atoms with Gasteiger partial charge in [0.15, 0.2) is 0 Å². The minimum Gasteiger partial charge on any atom is -0.462 e. The topological polar surface area (TPSA) is 220 Å². The number of rotatable bonds is 17. The van der Waals surface area contributed by atoms with Crippen molar-refractivity contribution in [2.45, 2.75) is 109 Å². The van der Waals surface area contributed by atoms with Crippen LogP contribution in [0.4, 0.5) is 23.0 Å². The van der Waals surface area contributed by atoms with Crippen molar-refractivity contribution in [1.29, 1.82) is 10.5 Å². The second-order valence-electron chi connectivity index (χ2n) is 26.2. The van der Waals surface area contributed by atoms with Gasteiger partial charge in [-0.3, -0.25) is 24.3 Å². The van der Waals surface area contributed by atoms with Crippen molar-refractivity contribution in [2.75, 3.05) is 112 Å². The number of fused-ring (bicyclic) bond motifs is 4. The van der Waals surface area contributed by atoms with Gasteiger partial charge in [0.25, 0.3) is 5.91 Å². The van der Waals surface area contributed by atoms with Crippen molar-refractivity contribution >= 4 is 68.4 Å². The lowest BCUT2D eigenvalue weighted by Crippen LogP contribution is -2.56. The first-order valence-corrected chi connectivity index (χ1v) is 33.1. The Labute approximate surface area is 549 Å². The fourth-order valence-corrected chi connectivity index (χ4v) is 15.1. The maximum atomic E-state index is 13.8. The number of piperazine rings is 2. The number of likely N-dealkylation sites (N-methyl/N-ethyl adjacent to an activating group) is 2. The second-order valence-corrected chi connectivity index (χ2v) is 26.2. The lowest BCUT2D eigenvalue weighted by molar-refractivity contribution is -0.131. The molecule has 5 atom stereocenters. The van der Waals surface area contributed by atoms with E-state index in [4.69, 9.17) is 29.4 Å². The summed E-state index contributed by atoms with van der Waals surface area (Å²) < 4.78 is 13.4.